The summed E-state index contributed by atoms with van der Waals surface area (Å²) in [6, 6.07) is 27.6. The monoisotopic (exact) mass is 357 g/mol. The first kappa shape index (κ1) is 17.8. The minimum atomic E-state index is 0.597. The van der Waals surface area contributed by atoms with Crippen LogP contribution in [0.4, 0.5) is 0 Å². The zero-order valence-corrected chi connectivity index (χ0v) is 15.8. The SMILES string of the molecule is c1ccc(COc2cccc(-c3ccc(CCN4CCCC4)cc3)c2)cc1. The van der Waals surface area contributed by atoms with Gasteiger partial charge in [-0.2, -0.15) is 0 Å². The smallest absolute Gasteiger partial charge is 0.120 e. The third-order valence-electron chi connectivity index (χ3n) is 5.29. The van der Waals surface area contributed by atoms with Crippen molar-refractivity contribution in [2.24, 2.45) is 0 Å². The van der Waals surface area contributed by atoms with E-state index in [1.54, 1.807) is 0 Å². The van der Waals surface area contributed by atoms with Crippen molar-refractivity contribution in [2.75, 3.05) is 19.6 Å². The summed E-state index contributed by atoms with van der Waals surface area (Å²) in [6.45, 7) is 4.32. The maximum absolute atomic E-state index is 5.97. The fraction of sp³-hybridized carbons (Fsp3) is 0.280. The van der Waals surface area contributed by atoms with Crippen molar-refractivity contribution in [3.63, 3.8) is 0 Å². The van der Waals surface area contributed by atoms with Gasteiger partial charge in [0.1, 0.15) is 12.4 Å². The zero-order chi connectivity index (χ0) is 18.3. The molecule has 3 aromatic carbocycles. The van der Waals surface area contributed by atoms with Crippen LogP contribution in [0.1, 0.15) is 24.0 Å². The molecule has 1 aliphatic heterocycles. The molecule has 0 bridgehead atoms. The van der Waals surface area contributed by atoms with E-state index >= 15 is 0 Å². The molecule has 138 valence electrons. The Kier molecular flexibility index (Phi) is 5.86. The molecule has 27 heavy (non-hydrogen) atoms. The summed E-state index contributed by atoms with van der Waals surface area (Å²) in [6.07, 6.45) is 3.86. The van der Waals surface area contributed by atoms with Crippen molar-refractivity contribution in [3.8, 4) is 16.9 Å². The standard InChI is InChI=1S/C25H27NO/c1-2-7-22(8-3-1)20-27-25-10-6-9-24(19-25)23-13-11-21(12-14-23)15-18-26-16-4-5-17-26/h1-3,6-14,19H,4-5,15-18,20H2. The van der Waals surface area contributed by atoms with E-state index in [9.17, 15) is 0 Å². The predicted octanol–water partition coefficient (Wildman–Crippen LogP) is 5.57. The summed E-state index contributed by atoms with van der Waals surface area (Å²) in [5.74, 6) is 0.912. The van der Waals surface area contributed by atoms with Crippen LogP contribution in [-0.4, -0.2) is 24.5 Å². The number of benzene rings is 3. The van der Waals surface area contributed by atoms with Gasteiger partial charge >= 0.3 is 0 Å². The molecule has 1 saturated heterocycles. The molecule has 0 N–H and O–H groups in total. The van der Waals surface area contributed by atoms with Gasteiger partial charge in [0.2, 0.25) is 0 Å². The maximum atomic E-state index is 5.97. The first-order chi connectivity index (χ1) is 13.4. The van der Waals surface area contributed by atoms with Gasteiger partial charge in [0.25, 0.3) is 0 Å². The summed E-state index contributed by atoms with van der Waals surface area (Å²) >= 11 is 0. The zero-order valence-electron chi connectivity index (χ0n) is 15.8. The summed E-state index contributed by atoms with van der Waals surface area (Å²) in [5.41, 5.74) is 5.05. The average Bonchev–Trinajstić information content (AvgIpc) is 3.26. The molecule has 3 aromatic rings. The molecule has 1 heterocycles. The molecule has 0 atom stereocenters. The van der Waals surface area contributed by atoms with Crippen LogP contribution in [0.2, 0.25) is 0 Å². The van der Waals surface area contributed by atoms with Crippen LogP contribution >= 0.6 is 0 Å². The van der Waals surface area contributed by atoms with Crippen molar-refractivity contribution in [1.29, 1.82) is 0 Å². The Bertz CT molecular complexity index is 836. The highest BCUT2D eigenvalue weighted by molar-refractivity contribution is 5.65. The minimum absolute atomic E-state index is 0.597. The summed E-state index contributed by atoms with van der Waals surface area (Å²) in [4.78, 5) is 2.57. The third-order valence-corrected chi connectivity index (χ3v) is 5.29. The van der Waals surface area contributed by atoms with Gasteiger partial charge in [-0.25, -0.2) is 0 Å². The molecule has 1 fully saturated rings. The Morgan fingerprint density at radius 2 is 1.48 bits per heavy atom. The van der Waals surface area contributed by atoms with E-state index in [-0.39, 0.29) is 0 Å². The van der Waals surface area contributed by atoms with E-state index in [4.69, 9.17) is 4.74 Å². The van der Waals surface area contributed by atoms with Crippen LogP contribution in [0.15, 0.2) is 78.9 Å². The largest absolute Gasteiger partial charge is 0.489 e. The Balaban J connectivity index is 1.37. The highest BCUT2D eigenvalue weighted by Crippen LogP contribution is 2.25. The van der Waals surface area contributed by atoms with Crippen molar-refractivity contribution >= 4 is 0 Å². The van der Waals surface area contributed by atoms with E-state index < -0.39 is 0 Å². The van der Waals surface area contributed by atoms with Gasteiger partial charge in [-0.3, -0.25) is 0 Å². The maximum Gasteiger partial charge on any atom is 0.120 e. The summed E-state index contributed by atoms with van der Waals surface area (Å²) < 4.78 is 5.97. The Hall–Kier alpha value is -2.58. The molecule has 4 rings (SSSR count). The van der Waals surface area contributed by atoms with Crippen molar-refractivity contribution in [2.45, 2.75) is 25.9 Å². The first-order valence-corrected chi connectivity index (χ1v) is 9.95. The van der Waals surface area contributed by atoms with E-state index in [0.29, 0.717) is 6.61 Å². The second-order valence-electron chi connectivity index (χ2n) is 7.30. The second-order valence-corrected chi connectivity index (χ2v) is 7.30. The molecule has 0 amide bonds. The number of hydrogen-bond acceptors (Lipinski definition) is 2. The molecular weight excluding hydrogens is 330 g/mol. The molecule has 0 aliphatic carbocycles. The van der Waals surface area contributed by atoms with Gasteiger partial charge in [-0.15, -0.1) is 0 Å². The van der Waals surface area contributed by atoms with Crippen molar-refractivity contribution in [1.82, 2.24) is 4.90 Å². The highest BCUT2D eigenvalue weighted by atomic mass is 16.5. The number of likely N-dealkylation sites (tertiary alicyclic amines) is 1. The second kappa shape index (κ2) is 8.88. The van der Waals surface area contributed by atoms with Crippen molar-refractivity contribution in [3.05, 3.63) is 90.0 Å². The Morgan fingerprint density at radius 3 is 2.26 bits per heavy atom. The van der Waals surface area contributed by atoms with Gasteiger partial charge in [0, 0.05) is 6.54 Å². The van der Waals surface area contributed by atoms with Crippen molar-refractivity contribution < 1.29 is 4.74 Å². The van der Waals surface area contributed by atoms with E-state index in [1.165, 1.54) is 54.7 Å². The molecule has 2 heteroatoms. The molecule has 0 radical (unpaired) electrons. The number of nitrogens with zero attached hydrogens (tertiary/aromatic N) is 1. The molecule has 0 saturated carbocycles. The van der Waals surface area contributed by atoms with Crippen LogP contribution in [0.3, 0.4) is 0 Å². The van der Waals surface area contributed by atoms with Gasteiger partial charge in [-0.1, -0.05) is 66.7 Å². The van der Waals surface area contributed by atoms with E-state index in [1.807, 2.05) is 24.3 Å². The minimum Gasteiger partial charge on any atom is -0.489 e. The number of rotatable bonds is 7. The van der Waals surface area contributed by atoms with Crippen LogP contribution in [0, 0.1) is 0 Å². The topological polar surface area (TPSA) is 12.5 Å². The van der Waals surface area contributed by atoms with Crippen LogP contribution < -0.4 is 4.74 Å². The van der Waals surface area contributed by atoms with Gasteiger partial charge in [-0.05, 0) is 66.7 Å². The average molecular weight is 357 g/mol. The molecule has 2 nitrogen and oxygen atoms in total. The molecular formula is C25H27NO. The highest BCUT2D eigenvalue weighted by Gasteiger charge is 2.10. The normalized spacial score (nSPS) is 14.4. The van der Waals surface area contributed by atoms with Gasteiger partial charge < -0.3 is 9.64 Å². The van der Waals surface area contributed by atoms with Crippen LogP contribution in [-0.2, 0) is 13.0 Å². The van der Waals surface area contributed by atoms with Gasteiger partial charge in [0.05, 0.1) is 0 Å². The quantitative estimate of drug-likeness (QED) is 0.548. The molecule has 0 spiro atoms. The molecule has 0 aromatic heterocycles. The lowest BCUT2D eigenvalue weighted by Gasteiger charge is -2.14. The summed E-state index contributed by atoms with van der Waals surface area (Å²) in [7, 11) is 0. The predicted molar refractivity (Wildman–Crippen MR) is 112 cm³/mol. The number of hydrogen-bond donors (Lipinski definition) is 0. The van der Waals surface area contributed by atoms with Crippen LogP contribution in [0.25, 0.3) is 11.1 Å². The number of ether oxygens (including phenoxy) is 1. The lowest BCUT2D eigenvalue weighted by molar-refractivity contribution is 0.306. The Morgan fingerprint density at radius 1 is 0.704 bits per heavy atom. The van der Waals surface area contributed by atoms with E-state index in [2.05, 4.69) is 59.5 Å². The Labute approximate surface area is 162 Å². The first-order valence-electron chi connectivity index (χ1n) is 9.95. The fourth-order valence-corrected chi connectivity index (χ4v) is 3.66. The molecule has 0 unspecified atom stereocenters. The van der Waals surface area contributed by atoms with Gasteiger partial charge in [0.15, 0.2) is 0 Å². The lowest BCUT2D eigenvalue weighted by atomic mass is 10.0. The van der Waals surface area contributed by atoms with Crippen LogP contribution in [0.5, 0.6) is 5.75 Å². The summed E-state index contributed by atoms with van der Waals surface area (Å²) in [5, 5.41) is 0. The van der Waals surface area contributed by atoms with E-state index in [0.717, 1.165) is 12.2 Å². The third kappa shape index (κ3) is 4.99. The lowest BCUT2D eigenvalue weighted by Crippen LogP contribution is -2.21. The fourth-order valence-electron chi connectivity index (χ4n) is 3.66. The molecule has 1 aliphatic rings.